The zero-order chi connectivity index (χ0) is 26.9. The third-order valence-corrected chi connectivity index (χ3v) is 8.05. The maximum Gasteiger partial charge on any atom is 0.0314 e. The molecule has 0 spiro atoms. The van der Waals surface area contributed by atoms with Gasteiger partial charge in [0.25, 0.3) is 0 Å². The monoisotopic (exact) mass is 504 g/mol. The van der Waals surface area contributed by atoms with Gasteiger partial charge in [-0.2, -0.15) is 0 Å². The van der Waals surface area contributed by atoms with Crippen LogP contribution in [-0.2, 0) is 0 Å². The van der Waals surface area contributed by atoms with E-state index in [0.29, 0.717) is 17.8 Å². The lowest BCUT2D eigenvalue weighted by Crippen LogP contribution is -2.04. The molecule has 0 saturated heterocycles. The van der Waals surface area contributed by atoms with Crippen molar-refractivity contribution < 1.29 is 0 Å². The molecule has 2 heteroatoms. The maximum atomic E-state index is 5.95. The fourth-order valence-electron chi connectivity index (χ4n) is 5.55. The zero-order valence-corrected chi connectivity index (χ0v) is 23.4. The Balaban J connectivity index is 1.52. The van der Waals surface area contributed by atoms with Gasteiger partial charge in [0.15, 0.2) is 0 Å². The molecule has 0 radical (unpaired) electrons. The van der Waals surface area contributed by atoms with Crippen LogP contribution >= 0.6 is 0 Å². The normalized spacial score (nSPS) is 13.7. The second-order valence-corrected chi connectivity index (χ2v) is 10.8. The summed E-state index contributed by atoms with van der Waals surface area (Å²) in [7, 11) is 0. The number of nitrogens with two attached hydrogens (primary N) is 2. The maximum absolute atomic E-state index is 5.95. The summed E-state index contributed by atoms with van der Waals surface area (Å²) in [6.45, 7) is 6.84. The Morgan fingerprint density at radius 3 is 1.00 bits per heavy atom. The highest BCUT2D eigenvalue weighted by atomic mass is 14.5. The second kappa shape index (κ2) is 13.3. The fourth-order valence-corrected chi connectivity index (χ4v) is 5.55. The third-order valence-electron chi connectivity index (χ3n) is 8.05. The van der Waals surface area contributed by atoms with Crippen molar-refractivity contribution in [2.24, 2.45) is 0 Å². The van der Waals surface area contributed by atoms with E-state index in [1.54, 1.807) is 0 Å². The van der Waals surface area contributed by atoms with Crippen LogP contribution in [-0.4, -0.2) is 0 Å². The van der Waals surface area contributed by atoms with E-state index in [9.17, 15) is 0 Å². The van der Waals surface area contributed by atoms with Crippen LogP contribution in [0.15, 0.2) is 97.1 Å². The zero-order valence-electron chi connectivity index (χ0n) is 23.4. The summed E-state index contributed by atoms with van der Waals surface area (Å²) >= 11 is 0. The SMILES string of the molecule is CCCCC(c1ccc(N)cc1)c1ccc(C(C)c2ccc(C(CCCC)c3ccc(N)cc3)cc2)cc1. The second-order valence-electron chi connectivity index (χ2n) is 10.8. The van der Waals surface area contributed by atoms with E-state index in [2.05, 4.69) is 93.6 Å². The largest absolute Gasteiger partial charge is 0.399 e. The minimum absolute atomic E-state index is 0.342. The Kier molecular flexibility index (Phi) is 9.65. The molecule has 2 nitrogen and oxygen atoms in total. The van der Waals surface area contributed by atoms with Crippen LogP contribution in [0.25, 0.3) is 0 Å². The van der Waals surface area contributed by atoms with E-state index in [1.807, 2.05) is 24.3 Å². The molecule has 4 aromatic carbocycles. The summed E-state index contributed by atoms with van der Waals surface area (Å²) in [6.07, 6.45) is 7.15. The number of hydrogen-bond acceptors (Lipinski definition) is 2. The van der Waals surface area contributed by atoms with E-state index in [1.165, 1.54) is 59.1 Å². The standard InChI is InChI=1S/C36H44N2/c1-4-6-8-35(31-18-22-33(37)23-19-31)29-14-10-27(11-15-29)26(3)28-12-16-30(17-13-28)36(9-7-5-2)32-20-24-34(38)25-21-32/h10-26,35-36H,4-9,37-38H2,1-3H3. The van der Waals surface area contributed by atoms with E-state index in [4.69, 9.17) is 11.5 Å². The average molecular weight is 505 g/mol. The predicted octanol–water partition coefficient (Wildman–Crippen LogP) is 9.65. The van der Waals surface area contributed by atoms with Crippen molar-refractivity contribution in [2.45, 2.75) is 77.0 Å². The van der Waals surface area contributed by atoms with Crippen molar-refractivity contribution in [1.29, 1.82) is 0 Å². The van der Waals surface area contributed by atoms with Gasteiger partial charge in [0.1, 0.15) is 0 Å². The number of nitrogen functional groups attached to an aromatic ring is 2. The van der Waals surface area contributed by atoms with Gasteiger partial charge in [-0.25, -0.2) is 0 Å². The van der Waals surface area contributed by atoms with E-state index >= 15 is 0 Å². The van der Waals surface area contributed by atoms with Crippen molar-refractivity contribution in [2.75, 3.05) is 11.5 Å². The Hall–Kier alpha value is -3.52. The number of anilines is 2. The number of hydrogen-bond donors (Lipinski definition) is 2. The van der Waals surface area contributed by atoms with Crippen LogP contribution in [0.2, 0.25) is 0 Å². The molecule has 0 bridgehead atoms. The van der Waals surface area contributed by atoms with Gasteiger partial charge in [0.2, 0.25) is 0 Å². The highest BCUT2D eigenvalue weighted by Crippen LogP contribution is 2.34. The lowest BCUT2D eigenvalue weighted by Gasteiger charge is -2.21. The number of benzene rings is 4. The third kappa shape index (κ3) is 6.86. The van der Waals surface area contributed by atoms with Gasteiger partial charge >= 0.3 is 0 Å². The Morgan fingerprint density at radius 2 is 0.711 bits per heavy atom. The summed E-state index contributed by atoms with van der Waals surface area (Å²) in [5.74, 6) is 1.16. The van der Waals surface area contributed by atoms with Gasteiger partial charge in [0, 0.05) is 29.1 Å². The van der Waals surface area contributed by atoms with Crippen LogP contribution in [0.3, 0.4) is 0 Å². The Labute approximate surface area is 230 Å². The van der Waals surface area contributed by atoms with E-state index < -0.39 is 0 Å². The average Bonchev–Trinajstić information content (AvgIpc) is 2.95. The van der Waals surface area contributed by atoms with Crippen LogP contribution in [0.4, 0.5) is 11.4 Å². The van der Waals surface area contributed by atoms with Gasteiger partial charge in [-0.3, -0.25) is 0 Å². The molecule has 0 aliphatic heterocycles. The molecule has 198 valence electrons. The highest BCUT2D eigenvalue weighted by molar-refractivity contribution is 5.45. The molecular weight excluding hydrogens is 460 g/mol. The van der Waals surface area contributed by atoms with E-state index in [-0.39, 0.29) is 0 Å². The summed E-state index contributed by atoms with van der Waals surface area (Å²) in [5.41, 5.74) is 21.7. The first-order valence-corrected chi connectivity index (χ1v) is 14.4. The van der Waals surface area contributed by atoms with Crippen molar-refractivity contribution in [3.63, 3.8) is 0 Å². The molecule has 38 heavy (non-hydrogen) atoms. The molecule has 0 aliphatic carbocycles. The summed E-state index contributed by atoms with van der Waals surface area (Å²) in [5, 5.41) is 0. The molecule has 4 N–H and O–H groups in total. The minimum Gasteiger partial charge on any atom is -0.399 e. The van der Waals surface area contributed by atoms with Gasteiger partial charge < -0.3 is 11.5 Å². The lowest BCUT2D eigenvalue weighted by atomic mass is 9.84. The molecule has 2 atom stereocenters. The lowest BCUT2D eigenvalue weighted by molar-refractivity contribution is 0.649. The van der Waals surface area contributed by atoms with E-state index in [0.717, 1.165) is 24.2 Å². The molecular formula is C36H44N2. The molecule has 0 aromatic heterocycles. The first-order chi connectivity index (χ1) is 18.5. The smallest absolute Gasteiger partial charge is 0.0314 e. The molecule has 0 aliphatic rings. The van der Waals surface area contributed by atoms with Crippen LogP contribution in [0, 0.1) is 0 Å². The molecule has 0 amide bonds. The van der Waals surface area contributed by atoms with Gasteiger partial charge in [-0.15, -0.1) is 0 Å². The van der Waals surface area contributed by atoms with Crippen molar-refractivity contribution in [3.8, 4) is 0 Å². The first kappa shape index (κ1) is 27.5. The highest BCUT2D eigenvalue weighted by Gasteiger charge is 2.17. The minimum atomic E-state index is 0.342. The summed E-state index contributed by atoms with van der Waals surface area (Å²) in [4.78, 5) is 0. The predicted molar refractivity (Wildman–Crippen MR) is 165 cm³/mol. The van der Waals surface area contributed by atoms with Crippen LogP contribution in [0.5, 0.6) is 0 Å². The van der Waals surface area contributed by atoms with Crippen molar-refractivity contribution >= 4 is 11.4 Å². The molecule has 0 saturated carbocycles. The molecule has 0 heterocycles. The quantitative estimate of drug-likeness (QED) is 0.189. The summed E-state index contributed by atoms with van der Waals surface area (Å²) in [6, 6.07) is 35.5. The molecule has 4 aromatic rings. The number of unbranched alkanes of at least 4 members (excludes halogenated alkanes) is 2. The topological polar surface area (TPSA) is 52.0 Å². The molecule has 2 unspecified atom stereocenters. The Morgan fingerprint density at radius 1 is 0.447 bits per heavy atom. The van der Waals surface area contributed by atoms with Crippen LogP contribution in [0.1, 0.15) is 110 Å². The number of rotatable bonds is 12. The fraction of sp³-hybridized carbons (Fsp3) is 0.333. The first-order valence-electron chi connectivity index (χ1n) is 14.4. The molecule has 0 fully saturated rings. The van der Waals surface area contributed by atoms with Crippen LogP contribution < -0.4 is 11.5 Å². The van der Waals surface area contributed by atoms with Gasteiger partial charge in [-0.1, -0.05) is 119 Å². The molecule has 4 rings (SSSR count). The summed E-state index contributed by atoms with van der Waals surface area (Å²) < 4.78 is 0. The van der Waals surface area contributed by atoms with Crippen molar-refractivity contribution in [1.82, 2.24) is 0 Å². The van der Waals surface area contributed by atoms with Crippen molar-refractivity contribution in [3.05, 3.63) is 130 Å². The van der Waals surface area contributed by atoms with Gasteiger partial charge in [0.05, 0.1) is 0 Å². The Bertz CT molecular complexity index is 1140. The van der Waals surface area contributed by atoms with Gasteiger partial charge in [-0.05, 0) is 70.5 Å².